The Morgan fingerprint density at radius 3 is 2.61 bits per heavy atom. The standard InChI is InChI=1S/C26H28BrFN7O2P/c1-34-9-8-21-17(13-30-35(21)2)16-11-20(23(37-3)12-22(16)34)32-26-29-14-18(27)25(33-26)31-19-7-6-15(28)10-24(19)38(4,5)36/h6-7,10-14H,8-9H2,1-5H3,(H2,29,31,32,33). The first-order valence-corrected chi connectivity index (χ1v) is 15.3. The van der Waals surface area contributed by atoms with E-state index in [1.807, 2.05) is 30.1 Å². The van der Waals surface area contributed by atoms with Crippen molar-refractivity contribution >= 4 is 57.2 Å². The highest BCUT2D eigenvalue weighted by atomic mass is 79.9. The fourth-order valence-corrected chi connectivity index (χ4v) is 6.00. The molecule has 0 fully saturated rings. The van der Waals surface area contributed by atoms with Gasteiger partial charge in [-0.25, -0.2) is 9.37 Å². The molecule has 5 rings (SSSR count). The molecule has 0 radical (unpaired) electrons. The molecule has 38 heavy (non-hydrogen) atoms. The fourth-order valence-electron chi connectivity index (χ4n) is 4.56. The second-order valence-corrected chi connectivity index (χ2v) is 13.6. The van der Waals surface area contributed by atoms with Gasteiger partial charge in [-0.3, -0.25) is 4.68 Å². The number of hydrogen-bond donors (Lipinski definition) is 2. The van der Waals surface area contributed by atoms with E-state index in [9.17, 15) is 8.96 Å². The molecule has 0 amide bonds. The maximum atomic E-state index is 13.9. The molecule has 2 N–H and O–H groups in total. The van der Waals surface area contributed by atoms with Crippen LogP contribution in [0.4, 0.5) is 33.2 Å². The molecule has 198 valence electrons. The van der Waals surface area contributed by atoms with Gasteiger partial charge in [-0.15, -0.1) is 0 Å². The number of likely N-dealkylation sites (N-methyl/N-ethyl adjacent to an activating group) is 1. The number of ether oxygens (including phenoxy) is 1. The summed E-state index contributed by atoms with van der Waals surface area (Å²) < 4.78 is 35.0. The summed E-state index contributed by atoms with van der Waals surface area (Å²) in [6, 6.07) is 8.20. The highest BCUT2D eigenvalue weighted by Gasteiger charge is 2.24. The lowest BCUT2D eigenvalue weighted by Gasteiger charge is -2.22. The van der Waals surface area contributed by atoms with Gasteiger partial charge in [0.15, 0.2) is 0 Å². The summed E-state index contributed by atoms with van der Waals surface area (Å²) in [5.41, 5.74) is 5.52. The monoisotopic (exact) mass is 599 g/mol. The van der Waals surface area contributed by atoms with Gasteiger partial charge in [0, 0.05) is 67.1 Å². The average molecular weight is 600 g/mol. The van der Waals surface area contributed by atoms with Crippen LogP contribution in [0, 0.1) is 5.82 Å². The smallest absolute Gasteiger partial charge is 0.229 e. The number of fused-ring (bicyclic) bond motifs is 3. The van der Waals surface area contributed by atoms with Crippen molar-refractivity contribution in [1.29, 1.82) is 0 Å². The first-order valence-electron chi connectivity index (χ1n) is 11.9. The topological polar surface area (TPSA) is 97.2 Å². The van der Waals surface area contributed by atoms with Crippen molar-refractivity contribution in [3.63, 3.8) is 0 Å². The molecule has 0 aliphatic carbocycles. The second kappa shape index (κ2) is 10.0. The molecule has 12 heteroatoms. The second-order valence-electron chi connectivity index (χ2n) is 9.52. The number of halogens is 2. The van der Waals surface area contributed by atoms with Crippen LogP contribution in [-0.2, 0) is 18.0 Å². The molecule has 1 aliphatic heterocycles. The minimum Gasteiger partial charge on any atom is -0.494 e. The highest BCUT2D eigenvalue weighted by molar-refractivity contribution is 9.10. The normalized spacial score (nSPS) is 13.0. The van der Waals surface area contributed by atoms with Crippen LogP contribution in [0.2, 0.25) is 0 Å². The summed E-state index contributed by atoms with van der Waals surface area (Å²) in [5, 5.41) is 11.3. The van der Waals surface area contributed by atoms with E-state index in [1.165, 1.54) is 12.1 Å². The Morgan fingerprint density at radius 1 is 1.08 bits per heavy atom. The molecule has 9 nitrogen and oxygen atoms in total. The van der Waals surface area contributed by atoms with Crippen molar-refractivity contribution < 1.29 is 13.7 Å². The van der Waals surface area contributed by atoms with E-state index in [0.29, 0.717) is 38.7 Å². The van der Waals surface area contributed by atoms with Gasteiger partial charge in [-0.2, -0.15) is 10.1 Å². The van der Waals surface area contributed by atoms with E-state index in [-0.39, 0.29) is 0 Å². The largest absolute Gasteiger partial charge is 0.494 e. The molecular formula is C26H28BrFN7O2P. The lowest BCUT2D eigenvalue weighted by Crippen LogP contribution is -2.20. The van der Waals surface area contributed by atoms with Crippen LogP contribution < -0.4 is 25.6 Å². The maximum absolute atomic E-state index is 13.9. The first kappa shape index (κ1) is 26.2. The Hall–Kier alpha value is -3.43. The van der Waals surface area contributed by atoms with Crippen LogP contribution in [0.15, 0.2) is 47.2 Å². The van der Waals surface area contributed by atoms with E-state index in [4.69, 9.17) is 4.74 Å². The molecule has 0 atom stereocenters. The number of hydrogen-bond acceptors (Lipinski definition) is 8. The number of methoxy groups -OCH3 is 1. The summed E-state index contributed by atoms with van der Waals surface area (Å²) in [6.07, 6.45) is 4.38. The van der Waals surface area contributed by atoms with Crippen molar-refractivity contribution in [2.24, 2.45) is 7.05 Å². The van der Waals surface area contributed by atoms with Crippen molar-refractivity contribution in [3.05, 3.63) is 58.7 Å². The predicted octanol–water partition coefficient (Wildman–Crippen LogP) is 5.51. The van der Waals surface area contributed by atoms with Gasteiger partial charge in [0.05, 0.1) is 29.2 Å². The molecule has 0 unspecified atom stereocenters. The molecule has 3 heterocycles. The van der Waals surface area contributed by atoms with Gasteiger partial charge in [0.2, 0.25) is 5.95 Å². The number of aryl methyl sites for hydroxylation is 1. The zero-order valence-corrected chi connectivity index (χ0v) is 24.2. The van der Waals surface area contributed by atoms with Crippen molar-refractivity contribution in [3.8, 4) is 16.9 Å². The van der Waals surface area contributed by atoms with E-state index in [1.54, 1.807) is 32.7 Å². The summed E-state index contributed by atoms with van der Waals surface area (Å²) in [4.78, 5) is 11.3. The van der Waals surface area contributed by atoms with Gasteiger partial charge in [-0.05, 0) is 53.5 Å². The van der Waals surface area contributed by atoms with Crippen LogP contribution >= 0.6 is 23.1 Å². The van der Waals surface area contributed by atoms with Crippen LogP contribution in [0.5, 0.6) is 5.75 Å². The van der Waals surface area contributed by atoms with E-state index in [2.05, 4.69) is 53.6 Å². The van der Waals surface area contributed by atoms with Gasteiger partial charge < -0.3 is 24.8 Å². The maximum Gasteiger partial charge on any atom is 0.229 e. The van der Waals surface area contributed by atoms with Crippen LogP contribution in [0.25, 0.3) is 11.1 Å². The third kappa shape index (κ3) is 5.00. The van der Waals surface area contributed by atoms with Crippen LogP contribution in [0.1, 0.15) is 5.69 Å². The van der Waals surface area contributed by atoms with E-state index in [0.717, 1.165) is 35.5 Å². The number of rotatable bonds is 6. The molecule has 0 saturated heterocycles. The average Bonchev–Trinajstić information content (AvgIpc) is 3.18. The predicted molar refractivity (Wildman–Crippen MR) is 154 cm³/mol. The summed E-state index contributed by atoms with van der Waals surface area (Å²) in [5.74, 6) is 0.952. The number of anilines is 5. The van der Waals surface area contributed by atoms with Gasteiger partial charge in [-0.1, -0.05) is 0 Å². The number of nitrogens with one attached hydrogen (secondary N) is 2. The van der Waals surface area contributed by atoms with Gasteiger partial charge >= 0.3 is 0 Å². The zero-order chi connectivity index (χ0) is 27.2. The van der Waals surface area contributed by atoms with E-state index < -0.39 is 13.0 Å². The Bertz CT molecular complexity index is 1590. The third-order valence-electron chi connectivity index (χ3n) is 6.55. The Morgan fingerprint density at radius 2 is 1.87 bits per heavy atom. The SMILES string of the molecule is COc1cc2c(cc1Nc1ncc(Br)c(Nc3ccc(F)cc3P(C)(C)=O)n1)-c1cnn(C)c1CCN2C. The van der Waals surface area contributed by atoms with E-state index >= 15 is 0 Å². The Labute approximate surface area is 228 Å². The molecule has 2 aromatic carbocycles. The molecule has 2 aromatic heterocycles. The summed E-state index contributed by atoms with van der Waals surface area (Å²) in [7, 11) is 2.88. The minimum absolute atomic E-state index is 0.321. The molecule has 4 aromatic rings. The summed E-state index contributed by atoms with van der Waals surface area (Å²) >= 11 is 3.48. The van der Waals surface area contributed by atoms with Gasteiger partial charge in [0.1, 0.15) is 24.5 Å². The molecule has 1 aliphatic rings. The van der Waals surface area contributed by atoms with Crippen molar-refractivity contribution in [2.75, 3.05) is 49.6 Å². The fraction of sp³-hybridized carbons (Fsp3) is 0.269. The lowest BCUT2D eigenvalue weighted by atomic mass is 10.0. The number of benzene rings is 2. The quantitative estimate of drug-likeness (QED) is 0.280. The van der Waals surface area contributed by atoms with Crippen LogP contribution in [0.3, 0.4) is 0 Å². The van der Waals surface area contributed by atoms with Crippen molar-refractivity contribution in [2.45, 2.75) is 6.42 Å². The summed E-state index contributed by atoms with van der Waals surface area (Å²) in [6.45, 7) is 4.06. The minimum atomic E-state index is -2.76. The third-order valence-corrected chi connectivity index (χ3v) is 8.66. The number of aromatic nitrogens is 4. The molecule has 0 saturated carbocycles. The Balaban J connectivity index is 1.53. The molecule has 0 bridgehead atoms. The zero-order valence-electron chi connectivity index (χ0n) is 21.7. The van der Waals surface area contributed by atoms with Crippen LogP contribution in [-0.4, -0.2) is 53.8 Å². The first-order chi connectivity index (χ1) is 18.0. The number of nitrogens with zero attached hydrogens (tertiary/aromatic N) is 5. The lowest BCUT2D eigenvalue weighted by molar-refractivity contribution is 0.417. The molecule has 0 spiro atoms. The highest BCUT2D eigenvalue weighted by Crippen LogP contribution is 2.43. The van der Waals surface area contributed by atoms with Crippen molar-refractivity contribution in [1.82, 2.24) is 19.7 Å². The molecular weight excluding hydrogens is 572 g/mol. The van der Waals surface area contributed by atoms with Gasteiger partial charge in [0.25, 0.3) is 0 Å². The Kier molecular flexibility index (Phi) is 6.92.